The fourth-order valence-electron chi connectivity index (χ4n) is 3.27. The molecule has 3 aromatic carbocycles. The molecule has 0 radical (unpaired) electrons. The number of carbonyl (C=O) groups is 1. The molecule has 0 atom stereocenters. The first-order valence-electron chi connectivity index (χ1n) is 10.6. The van der Waals surface area contributed by atoms with Crippen molar-refractivity contribution < 1.29 is 9.53 Å². The van der Waals surface area contributed by atoms with Crippen LogP contribution in [0.5, 0.6) is 5.75 Å². The first-order valence-corrected chi connectivity index (χ1v) is 11.0. The summed E-state index contributed by atoms with van der Waals surface area (Å²) >= 11 is 5.89. The van der Waals surface area contributed by atoms with Crippen LogP contribution in [-0.2, 0) is 11.2 Å². The Hall–Kier alpha value is -4.10. The van der Waals surface area contributed by atoms with E-state index < -0.39 is 0 Å². The quantitative estimate of drug-likeness (QED) is 0.286. The van der Waals surface area contributed by atoms with Crippen molar-refractivity contribution in [3.05, 3.63) is 95.1 Å². The van der Waals surface area contributed by atoms with Crippen LogP contribution < -0.4 is 20.7 Å². The van der Waals surface area contributed by atoms with E-state index in [2.05, 4.69) is 25.9 Å². The Kier molecular flexibility index (Phi) is 7.25. The standard InChI is InChI=1S/C26H24ClN5O2/c1-17-15-24(29-20-11-13-23(34-2)14-12-20)32-26(28-17)31-22-9-7-21(8-10-22)30-25(33)16-18-3-5-19(27)6-4-18/h3-15H,16H2,1-2H3,(H,30,33)(H2,28,29,31,32). The largest absolute Gasteiger partial charge is 0.497 e. The van der Waals surface area contributed by atoms with E-state index in [0.29, 0.717) is 22.5 Å². The zero-order chi connectivity index (χ0) is 23.9. The number of methoxy groups -OCH3 is 1. The van der Waals surface area contributed by atoms with Gasteiger partial charge in [0.15, 0.2) is 0 Å². The third-order valence-electron chi connectivity index (χ3n) is 4.92. The van der Waals surface area contributed by atoms with Crippen molar-refractivity contribution in [1.29, 1.82) is 0 Å². The average Bonchev–Trinajstić information content (AvgIpc) is 2.82. The molecule has 0 aliphatic heterocycles. The zero-order valence-corrected chi connectivity index (χ0v) is 19.6. The molecule has 0 aliphatic carbocycles. The summed E-state index contributed by atoms with van der Waals surface area (Å²) in [5, 5.41) is 10.0. The van der Waals surface area contributed by atoms with Crippen LogP contribution in [0, 0.1) is 6.92 Å². The van der Waals surface area contributed by atoms with Gasteiger partial charge < -0.3 is 20.7 Å². The third-order valence-corrected chi connectivity index (χ3v) is 5.17. The number of anilines is 5. The van der Waals surface area contributed by atoms with Crippen LogP contribution in [0.25, 0.3) is 0 Å². The van der Waals surface area contributed by atoms with E-state index in [1.165, 1.54) is 0 Å². The molecule has 1 aromatic heterocycles. The van der Waals surface area contributed by atoms with Crippen molar-refractivity contribution >= 4 is 46.3 Å². The van der Waals surface area contributed by atoms with Crippen LogP contribution in [0.15, 0.2) is 78.9 Å². The lowest BCUT2D eigenvalue weighted by molar-refractivity contribution is -0.115. The number of hydrogen-bond donors (Lipinski definition) is 3. The Morgan fingerprint density at radius 3 is 2.15 bits per heavy atom. The van der Waals surface area contributed by atoms with Gasteiger partial charge >= 0.3 is 0 Å². The number of carbonyl (C=O) groups excluding carboxylic acids is 1. The number of amides is 1. The summed E-state index contributed by atoms with van der Waals surface area (Å²) in [5.41, 5.74) is 4.12. The third kappa shape index (κ3) is 6.46. The van der Waals surface area contributed by atoms with Gasteiger partial charge in [-0.1, -0.05) is 23.7 Å². The van der Waals surface area contributed by atoms with E-state index in [9.17, 15) is 4.79 Å². The molecular formula is C26H24ClN5O2. The summed E-state index contributed by atoms with van der Waals surface area (Å²) in [4.78, 5) is 21.3. The van der Waals surface area contributed by atoms with Crippen LogP contribution >= 0.6 is 11.6 Å². The number of aromatic nitrogens is 2. The van der Waals surface area contributed by atoms with Gasteiger partial charge in [-0.3, -0.25) is 4.79 Å². The van der Waals surface area contributed by atoms with E-state index in [1.807, 2.05) is 73.7 Å². The molecular weight excluding hydrogens is 450 g/mol. The maximum Gasteiger partial charge on any atom is 0.229 e. The van der Waals surface area contributed by atoms with E-state index in [-0.39, 0.29) is 12.3 Å². The minimum Gasteiger partial charge on any atom is -0.497 e. The van der Waals surface area contributed by atoms with Gasteiger partial charge in [0.25, 0.3) is 0 Å². The topological polar surface area (TPSA) is 88.2 Å². The zero-order valence-electron chi connectivity index (χ0n) is 18.8. The average molecular weight is 474 g/mol. The normalized spacial score (nSPS) is 10.4. The van der Waals surface area contributed by atoms with Crippen molar-refractivity contribution in [1.82, 2.24) is 9.97 Å². The molecule has 0 spiro atoms. The van der Waals surface area contributed by atoms with Gasteiger partial charge in [-0.05, 0) is 73.2 Å². The Morgan fingerprint density at radius 2 is 1.47 bits per heavy atom. The number of rotatable bonds is 8. The summed E-state index contributed by atoms with van der Waals surface area (Å²) in [7, 11) is 1.63. The molecule has 1 amide bonds. The molecule has 8 heteroatoms. The second-order valence-corrected chi connectivity index (χ2v) is 8.06. The van der Waals surface area contributed by atoms with Gasteiger partial charge in [-0.25, -0.2) is 4.98 Å². The van der Waals surface area contributed by atoms with E-state index in [4.69, 9.17) is 16.3 Å². The van der Waals surface area contributed by atoms with Crippen LogP contribution in [0.1, 0.15) is 11.3 Å². The van der Waals surface area contributed by atoms with E-state index in [1.54, 1.807) is 19.2 Å². The highest BCUT2D eigenvalue weighted by Gasteiger charge is 2.07. The lowest BCUT2D eigenvalue weighted by Crippen LogP contribution is -2.14. The monoisotopic (exact) mass is 473 g/mol. The van der Waals surface area contributed by atoms with Gasteiger partial charge in [0.05, 0.1) is 13.5 Å². The highest BCUT2D eigenvalue weighted by atomic mass is 35.5. The van der Waals surface area contributed by atoms with Crippen LogP contribution in [0.2, 0.25) is 5.02 Å². The number of aryl methyl sites for hydroxylation is 1. The number of nitrogens with one attached hydrogen (secondary N) is 3. The first-order chi connectivity index (χ1) is 16.5. The van der Waals surface area contributed by atoms with Crippen LogP contribution in [0.4, 0.5) is 28.8 Å². The molecule has 4 aromatic rings. The Labute approximate surface area is 203 Å². The fraction of sp³-hybridized carbons (Fsp3) is 0.115. The molecule has 34 heavy (non-hydrogen) atoms. The number of ether oxygens (including phenoxy) is 1. The van der Waals surface area contributed by atoms with Crippen molar-refractivity contribution in [3.63, 3.8) is 0 Å². The number of benzene rings is 3. The van der Waals surface area contributed by atoms with Gasteiger partial charge in [0.2, 0.25) is 11.9 Å². The number of halogens is 1. The summed E-state index contributed by atoms with van der Waals surface area (Å²) < 4.78 is 5.19. The Morgan fingerprint density at radius 1 is 0.853 bits per heavy atom. The molecule has 0 saturated carbocycles. The predicted molar refractivity (Wildman–Crippen MR) is 137 cm³/mol. The highest BCUT2D eigenvalue weighted by Crippen LogP contribution is 2.22. The molecule has 4 rings (SSSR count). The Balaban J connectivity index is 1.37. The summed E-state index contributed by atoms with van der Waals surface area (Å²) in [6.45, 7) is 1.91. The SMILES string of the molecule is COc1ccc(Nc2cc(C)nc(Nc3ccc(NC(=O)Cc4ccc(Cl)cc4)cc3)n2)cc1. The second kappa shape index (κ2) is 10.7. The maximum atomic E-state index is 12.3. The second-order valence-electron chi connectivity index (χ2n) is 7.63. The minimum atomic E-state index is -0.0979. The van der Waals surface area contributed by atoms with Crippen molar-refractivity contribution in [2.24, 2.45) is 0 Å². The van der Waals surface area contributed by atoms with Crippen LogP contribution in [-0.4, -0.2) is 23.0 Å². The summed E-state index contributed by atoms with van der Waals surface area (Å²) in [6.07, 6.45) is 0.276. The molecule has 7 nitrogen and oxygen atoms in total. The maximum absolute atomic E-state index is 12.3. The highest BCUT2D eigenvalue weighted by molar-refractivity contribution is 6.30. The minimum absolute atomic E-state index is 0.0979. The lowest BCUT2D eigenvalue weighted by atomic mass is 10.1. The number of hydrogen-bond acceptors (Lipinski definition) is 6. The molecule has 1 heterocycles. The smallest absolute Gasteiger partial charge is 0.229 e. The summed E-state index contributed by atoms with van der Waals surface area (Å²) in [6, 6.07) is 24.1. The van der Waals surface area contributed by atoms with Crippen molar-refractivity contribution in [3.8, 4) is 5.75 Å². The predicted octanol–water partition coefficient (Wildman–Crippen LogP) is 6.12. The fourth-order valence-corrected chi connectivity index (χ4v) is 3.40. The number of nitrogens with zero attached hydrogens (tertiary/aromatic N) is 2. The van der Waals surface area contributed by atoms with Gasteiger partial charge in [0, 0.05) is 33.8 Å². The molecule has 3 N–H and O–H groups in total. The van der Waals surface area contributed by atoms with Gasteiger partial charge in [-0.2, -0.15) is 4.98 Å². The molecule has 172 valence electrons. The Bertz CT molecular complexity index is 1260. The first kappa shape index (κ1) is 23.1. The van der Waals surface area contributed by atoms with Crippen molar-refractivity contribution in [2.45, 2.75) is 13.3 Å². The van der Waals surface area contributed by atoms with Crippen molar-refractivity contribution in [2.75, 3.05) is 23.1 Å². The van der Waals surface area contributed by atoms with E-state index >= 15 is 0 Å². The molecule has 0 saturated heterocycles. The lowest BCUT2D eigenvalue weighted by Gasteiger charge is -2.11. The molecule has 0 fully saturated rings. The van der Waals surface area contributed by atoms with E-state index in [0.717, 1.165) is 28.4 Å². The summed E-state index contributed by atoms with van der Waals surface area (Å²) in [5.74, 6) is 1.83. The van der Waals surface area contributed by atoms with Gasteiger partial charge in [-0.15, -0.1) is 0 Å². The molecule has 0 unspecified atom stereocenters. The van der Waals surface area contributed by atoms with Crippen LogP contribution in [0.3, 0.4) is 0 Å². The van der Waals surface area contributed by atoms with Gasteiger partial charge in [0.1, 0.15) is 11.6 Å². The molecule has 0 aliphatic rings. The molecule has 0 bridgehead atoms.